The third-order valence-electron chi connectivity index (χ3n) is 6.32. The summed E-state index contributed by atoms with van der Waals surface area (Å²) in [6, 6.07) is 7.75. The molecule has 1 N–H and O–H groups in total. The van der Waals surface area contributed by atoms with Crippen molar-refractivity contribution < 1.29 is 14.4 Å². The van der Waals surface area contributed by atoms with E-state index in [0.29, 0.717) is 31.8 Å². The summed E-state index contributed by atoms with van der Waals surface area (Å²) in [5, 5.41) is 4.76. The first-order chi connectivity index (χ1) is 15.8. The van der Waals surface area contributed by atoms with Crippen LogP contribution in [0.1, 0.15) is 37.9 Å². The smallest absolute Gasteiger partial charge is 0.243 e. The first kappa shape index (κ1) is 23.4. The molecule has 33 heavy (non-hydrogen) atoms. The number of likely N-dealkylation sites (N-methyl/N-ethyl adjacent to an activating group) is 1. The molecule has 2 aliphatic rings. The predicted molar refractivity (Wildman–Crippen MR) is 129 cm³/mol. The van der Waals surface area contributed by atoms with Crippen LogP contribution < -0.4 is 5.32 Å². The molecule has 4 rings (SSSR count). The van der Waals surface area contributed by atoms with Crippen molar-refractivity contribution in [2.45, 2.75) is 46.2 Å². The number of aryl methyl sites for hydroxylation is 1. The van der Waals surface area contributed by atoms with E-state index in [4.69, 9.17) is 4.84 Å². The van der Waals surface area contributed by atoms with Crippen LogP contribution in [0.4, 0.5) is 0 Å². The number of thiazole rings is 1. The van der Waals surface area contributed by atoms with Crippen LogP contribution in [0, 0.1) is 18.8 Å². The number of carbonyl (C=O) groups excluding carboxylic acids is 2. The van der Waals surface area contributed by atoms with Crippen LogP contribution >= 0.6 is 11.3 Å². The average molecular weight is 469 g/mol. The molecule has 1 saturated heterocycles. The lowest BCUT2D eigenvalue weighted by Gasteiger charge is -2.30. The van der Waals surface area contributed by atoms with Gasteiger partial charge in [-0.25, -0.2) is 4.98 Å². The number of nitrogens with zero attached hydrogens (tertiary/aromatic N) is 3. The van der Waals surface area contributed by atoms with E-state index in [1.807, 2.05) is 51.5 Å². The second-order valence-electron chi connectivity index (χ2n) is 9.10. The van der Waals surface area contributed by atoms with E-state index in [2.05, 4.69) is 22.4 Å². The first-order valence-electron chi connectivity index (χ1n) is 11.5. The number of carbonyl (C=O) groups is 2. The number of hydrogen-bond donors (Lipinski definition) is 1. The maximum atomic E-state index is 13.4. The minimum absolute atomic E-state index is 0.0199. The van der Waals surface area contributed by atoms with Gasteiger partial charge in [0.15, 0.2) is 0 Å². The normalized spacial score (nSPS) is 19.5. The van der Waals surface area contributed by atoms with Crippen LogP contribution in [0.3, 0.4) is 0 Å². The number of hydroxylamine groups is 2. The van der Waals surface area contributed by atoms with Gasteiger partial charge >= 0.3 is 0 Å². The highest BCUT2D eigenvalue weighted by Crippen LogP contribution is 2.31. The van der Waals surface area contributed by atoms with Crippen molar-refractivity contribution in [1.29, 1.82) is 0 Å². The summed E-state index contributed by atoms with van der Waals surface area (Å²) >= 11 is 1.63. The zero-order valence-corrected chi connectivity index (χ0v) is 20.5. The van der Waals surface area contributed by atoms with Crippen LogP contribution in [-0.2, 0) is 21.0 Å². The molecule has 0 spiro atoms. The van der Waals surface area contributed by atoms with Gasteiger partial charge in [-0.15, -0.1) is 16.4 Å². The molecule has 0 saturated carbocycles. The molecule has 1 aromatic carbocycles. The van der Waals surface area contributed by atoms with Crippen LogP contribution in [0.15, 0.2) is 41.6 Å². The summed E-state index contributed by atoms with van der Waals surface area (Å²) in [5.41, 5.74) is 5.03. The molecule has 2 amide bonds. The summed E-state index contributed by atoms with van der Waals surface area (Å²) in [4.78, 5) is 39.5. The van der Waals surface area contributed by atoms with Crippen molar-refractivity contribution in [2.24, 2.45) is 11.8 Å². The number of rotatable bonds is 7. The highest BCUT2D eigenvalue weighted by Gasteiger charge is 2.41. The molecule has 0 bridgehead atoms. The Balaban J connectivity index is 1.38. The van der Waals surface area contributed by atoms with E-state index in [1.165, 1.54) is 0 Å². The SMILES string of the molecule is Cc1ncsc1-c1ccc(CNC(=O)[C@@H]2CCCN2C(=O)C(C2=CCN(C)O2)C(C)C)cc1. The molecule has 7 nitrogen and oxygen atoms in total. The van der Waals surface area contributed by atoms with E-state index in [1.54, 1.807) is 21.3 Å². The van der Waals surface area contributed by atoms with Gasteiger partial charge in [-0.1, -0.05) is 38.1 Å². The molecule has 2 aromatic rings. The number of likely N-dealkylation sites (tertiary alicyclic amines) is 1. The van der Waals surface area contributed by atoms with Crippen LogP contribution in [-0.4, -0.2) is 52.9 Å². The second kappa shape index (κ2) is 10.1. The highest BCUT2D eigenvalue weighted by atomic mass is 32.1. The fourth-order valence-corrected chi connectivity index (χ4v) is 5.35. The number of amides is 2. The number of benzene rings is 1. The summed E-state index contributed by atoms with van der Waals surface area (Å²) in [6.07, 6.45) is 3.48. The average Bonchev–Trinajstić information content (AvgIpc) is 3.53. The highest BCUT2D eigenvalue weighted by molar-refractivity contribution is 7.13. The monoisotopic (exact) mass is 468 g/mol. The van der Waals surface area contributed by atoms with Crippen molar-refractivity contribution in [2.75, 3.05) is 20.1 Å². The Bertz CT molecular complexity index is 1030. The molecule has 0 radical (unpaired) electrons. The lowest BCUT2D eigenvalue weighted by Crippen LogP contribution is -2.48. The zero-order valence-electron chi connectivity index (χ0n) is 19.7. The van der Waals surface area contributed by atoms with Crippen LogP contribution in [0.25, 0.3) is 10.4 Å². The van der Waals surface area contributed by atoms with Crippen molar-refractivity contribution in [3.8, 4) is 10.4 Å². The molecule has 8 heteroatoms. The summed E-state index contributed by atoms with van der Waals surface area (Å²) in [6.45, 7) is 7.75. The predicted octanol–water partition coefficient (Wildman–Crippen LogP) is 3.76. The van der Waals surface area contributed by atoms with Gasteiger partial charge in [-0.05, 0) is 42.9 Å². The Morgan fingerprint density at radius 3 is 2.64 bits per heavy atom. The molecule has 176 valence electrons. The summed E-state index contributed by atoms with van der Waals surface area (Å²) < 4.78 is 0. The maximum absolute atomic E-state index is 13.4. The van der Waals surface area contributed by atoms with Crippen molar-refractivity contribution >= 4 is 23.2 Å². The Morgan fingerprint density at radius 1 is 1.27 bits per heavy atom. The van der Waals surface area contributed by atoms with Crippen molar-refractivity contribution in [3.05, 3.63) is 52.9 Å². The van der Waals surface area contributed by atoms with Gasteiger partial charge in [-0.2, -0.15) is 0 Å². The van der Waals surface area contributed by atoms with Gasteiger partial charge in [0, 0.05) is 20.1 Å². The van der Waals surface area contributed by atoms with Gasteiger partial charge in [0.25, 0.3) is 0 Å². The third-order valence-corrected chi connectivity index (χ3v) is 7.29. The maximum Gasteiger partial charge on any atom is 0.243 e. The van der Waals surface area contributed by atoms with Gasteiger partial charge in [-0.3, -0.25) is 9.59 Å². The first-order valence-corrected chi connectivity index (χ1v) is 12.4. The Morgan fingerprint density at radius 2 is 2.03 bits per heavy atom. The molecule has 1 aromatic heterocycles. The summed E-state index contributed by atoms with van der Waals surface area (Å²) in [7, 11) is 1.85. The number of hydrogen-bond acceptors (Lipinski definition) is 6. The fourth-order valence-electron chi connectivity index (χ4n) is 4.53. The lowest BCUT2D eigenvalue weighted by molar-refractivity contribution is -0.145. The van der Waals surface area contributed by atoms with E-state index in [-0.39, 0.29) is 23.7 Å². The standard InChI is InChI=1S/C25H32N4O3S/c1-16(2)22(21-11-13-28(4)32-21)25(31)29-12-5-6-20(29)24(30)26-14-18-7-9-19(10-8-18)23-17(3)27-15-33-23/h7-11,15-16,20,22H,5-6,12-14H2,1-4H3,(H,26,30)/t20-,22?/m0/s1. The van der Waals surface area contributed by atoms with Crippen LogP contribution in [0.2, 0.25) is 0 Å². The van der Waals surface area contributed by atoms with Crippen LogP contribution in [0.5, 0.6) is 0 Å². The zero-order chi connectivity index (χ0) is 23.5. The van der Waals surface area contributed by atoms with Crippen molar-refractivity contribution in [1.82, 2.24) is 20.3 Å². The van der Waals surface area contributed by atoms with Crippen molar-refractivity contribution in [3.63, 3.8) is 0 Å². The van der Waals surface area contributed by atoms with E-state index >= 15 is 0 Å². The topological polar surface area (TPSA) is 74.8 Å². The Labute approximate surface area is 199 Å². The fraction of sp³-hybridized carbons (Fsp3) is 0.480. The quantitative estimate of drug-likeness (QED) is 0.670. The van der Waals surface area contributed by atoms with E-state index < -0.39 is 6.04 Å². The molecule has 1 unspecified atom stereocenters. The Hall–Kier alpha value is -2.71. The summed E-state index contributed by atoms with van der Waals surface area (Å²) in [5.74, 6) is 0.295. The van der Waals surface area contributed by atoms with E-state index in [0.717, 1.165) is 28.1 Å². The van der Waals surface area contributed by atoms with Gasteiger partial charge in [0.2, 0.25) is 11.8 Å². The van der Waals surface area contributed by atoms with E-state index in [9.17, 15) is 9.59 Å². The number of aromatic nitrogens is 1. The lowest BCUT2D eigenvalue weighted by atomic mass is 9.91. The van der Waals surface area contributed by atoms with Gasteiger partial charge in [0.1, 0.15) is 17.7 Å². The molecular weight excluding hydrogens is 436 g/mol. The minimum Gasteiger partial charge on any atom is -0.410 e. The minimum atomic E-state index is -0.433. The van der Waals surface area contributed by atoms with Gasteiger partial charge in [0.05, 0.1) is 22.6 Å². The largest absolute Gasteiger partial charge is 0.410 e. The third kappa shape index (κ3) is 5.12. The van der Waals surface area contributed by atoms with Gasteiger partial charge < -0.3 is 15.1 Å². The molecule has 2 atom stereocenters. The molecule has 0 aliphatic carbocycles. The molecule has 3 heterocycles. The molecular formula is C25H32N4O3S. The number of nitrogens with one attached hydrogen (secondary N) is 1. The molecule has 2 aliphatic heterocycles. The molecule has 1 fully saturated rings. The Kier molecular flexibility index (Phi) is 7.14. The second-order valence-corrected chi connectivity index (χ2v) is 9.96.